The summed E-state index contributed by atoms with van der Waals surface area (Å²) in [4.78, 5) is 70.4. The molecule has 2 aromatic heterocycles. The van der Waals surface area contributed by atoms with Crippen LogP contribution in [0, 0.1) is 5.92 Å². The van der Waals surface area contributed by atoms with Gasteiger partial charge in [0, 0.05) is 48.0 Å². The number of piperidine rings is 1. The molecular formula is C45H53F3N8O6. The van der Waals surface area contributed by atoms with Gasteiger partial charge in [0.25, 0.3) is 17.7 Å². The highest BCUT2D eigenvalue weighted by Crippen LogP contribution is 2.37. The molecule has 330 valence electrons. The van der Waals surface area contributed by atoms with Gasteiger partial charge in [0.2, 0.25) is 11.8 Å². The predicted molar refractivity (Wildman–Crippen MR) is 225 cm³/mol. The van der Waals surface area contributed by atoms with Crippen molar-refractivity contribution in [2.24, 2.45) is 5.92 Å². The molecule has 0 spiro atoms. The Kier molecular flexibility index (Phi) is 13.1. The molecule has 7 rings (SSSR count). The number of nitrogens with zero attached hydrogens (tertiary/aromatic N) is 5. The Balaban J connectivity index is 0.825. The molecule has 2 aromatic carbocycles. The number of anilines is 2. The van der Waals surface area contributed by atoms with Crippen molar-refractivity contribution in [2.75, 3.05) is 37.3 Å². The number of halogens is 3. The largest absolute Gasteiger partial charge is 0.433 e. The lowest BCUT2D eigenvalue weighted by molar-refractivity contribution is -0.141. The summed E-state index contributed by atoms with van der Waals surface area (Å²) in [6, 6.07) is 10.8. The van der Waals surface area contributed by atoms with E-state index in [9.17, 15) is 42.3 Å². The number of pyridine rings is 1. The maximum absolute atomic E-state index is 13.3. The molecule has 1 unspecified atom stereocenters. The van der Waals surface area contributed by atoms with E-state index in [1.54, 1.807) is 44.2 Å². The van der Waals surface area contributed by atoms with Crippen LogP contribution in [0.1, 0.15) is 133 Å². The number of carbonyl (C=O) groups excluding carboxylic acids is 5. The maximum Gasteiger partial charge on any atom is 0.433 e. The van der Waals surface area contributed by atoms with Crippen LogP contribution < -0.4 is 16.0 Å². The lowest BCUT2D eigenvalue weighted by atomic mass is 9.86. The molecule has 5 amide bonds. The highest BCUT2D eigenvalue weighted by Gasteiger charge is 2.45. The molecule has 17 heteroatoms. The van der Waals surface area contributed by atoms with Gasteiger partial charge in [0.15, 0.2) is 0 Å². The van der Waals surface area contributed by atoms with Crippen molar-refractivity contribution in [1.29, 1.82) is 0 Å². The van der Waals surface area contributed by atoms with Crippen LogP contribution in [-0.2, 0) is 21.4 Å². The van der Waals surface area contributed by atoms with E-state index in [-0.39, 0.29) is 41.4 Å². The average Bonchev–Trinajstić information content (AvgIpc) is 3.75. The zero-order chi connectivity index (χ0) is 44.3. The fourth-order valence-electron chi connectivity index (χ4n) is 8.84. The summed E-state index contributed by atoms with van der Waals surface area (Å²) in [5, 5.41) is 24.7. The summed E-state index contributed by atoms with van der Waals surface area (Å²) in [6.45, 7) is 5.79. The first kappa shape index (κ1) is 44.4. The topological polar surface area (TPSA) is 179 Å². The maximum atomic E-state index is 13.3. The van der Waals surface area contributed by atoms with Crippen molar-refractivity contribution in [3.05, 3.63) is 82.8 Å². The van der Waals surface area contributed by atoms with Crippen LogP contribution in [0.25, 0.3) is 10.9 Å². The third-order valence-corrected chi connectivity index (χ3v) is 12.1. The third-order valence-electron chi connectivity index (χ3n) is 12.1. The van der Waals surface area contributed by atoms with Crippen LogP contribution in [0.4, 0.5) is 24.5 Å². The lowest BCUT2D eigenvalue weighted by Crippen LogP contribution is -2.54. The molecule has 62 heavy (non-hydrogen) atoms. The van der Waals surface area contributed by atoms with Gasteiger partial charge in [0.1, 0.15) is 17.4 Å². The number of unbranched alkanes of at least 4 members (excludes halogenated alkanes) is 4. The van der Waals surface area contributed by atoms with Crippen molar-refractivity contribution in [2.45, 2.75) is 108 Å². The summed E-state index contributed by atoms with van der Waals surface area (Å²) < 4.78 is 41.7. The smallest absolute Gasteiger partial charge is 0.386 e. The Bertz CT molecular complexity index is 2350. The summed E-state index contributed by atoms with van der Waals surface area (Å²) in [7, 11) is 2.17. The van der Waals surface area contributed by atoms with Gasteiger partial charge in [0.05, 0.1) is 28.3 Å². The van der Waals surface area contributed by atoms with Crippen molar-refractivity contribution in [3.63, 3.8) is 0 Å². The Morgan fingerprint density at radius 3 is 2.37 bits per heavy atom. The molecule has 1 saturated carbocycles. The van der Waals surface area contributed by atoms with Crippen molar-refractivity contribution in [3.8, 4) is 0 Å². The molecule has 2 aliphatic heterocycles. The Morgan fingerprint density at radius 2 is 1.65 bits per heavy atom. The first-order chi connectivity index (χ1) is 29.5. The second kappa shape index (κ2) is 18.3. The number of nitrogens with one attached hydrogen (secondary N) is 3. The first-order valence-corrected chi connectivity index (χ1v) is 21.4. The van der Waals surface area contributed by atoms with Crippen molar-refractivity contribution >= 4 is 51.8 Å². The molecule has 0 radical (unpaired) electrons. The number of fused-ring (bicyclic) bond motifs is 2. The molecule has 4 aromatic rings. The van der Waals surface area contributed by atoms with Crippen LogP contribution in [0.3, 0.4) is 0 Å². The molecule has 4 N–H and O–H groups in total. The number of alkyl halides is 3. The molecule has 4 heterocycles. The number of imide groups is 2. The van der Waals surface area contributed by atoms with E-state index >= 15 is 0 Å². The lowest BCUT2D eigenvalue weighted by Gasteiger charge is -2.31. The van der Waals surface area contributed by atoms with Crippen LogP contribution >= 0.6 is 0 Å². The second-order valence-corrected chi connectivity index (χ2v) is 17.3. The minimum absolute atomic E-state index is 0.0736. The Labute approximate surface area is 357 Å². The van der Waals surface area contributed by atoms with Gasteiger partial charge < -0.3 is 20.6 Å². The standard InChI is InChI=1S/C45H53F3N8O6/c1-44(2,62)31-24-34-28(23-35(31)51-40(58)33-13-10-14-37(50-33)45(46,47)48)26-55(53-34)29-17-15-27(16-18-29)25-54(3)22-8-6-4-5-7-21-49-32-12-9-11-30-39(32)43(61)56(42(30)60)36-19-20-38(57)52-41(36)59/h9-14,23-24,26-27,29,36,49,62H,4-8,15-22,25H2,1-3H3,(H,51,58)(H,52,57,59). The van der Waals surface area contributed by atoms with Crippen LogP contribution in [0.5, 0.6) is 0 Å². The van der Waals surface area contributed by atoms with Gasteiger partial charge in [-0.2, -0.15) is 18.3 Å². The summed E-state index contributed by atoms with van der Waals surface area (Å²) in [6.07, 6.45) is 6.60. The Morgan fingerprint density at radius 1 is 0.919 bits per heavy atom. The first-order valence-electron chi connectivity index (χ1n) is 21.4. The number of hydrogen-bond donors (Lipinski definition) is 4. The number of carbonyl (C=O) groups is 5. The second-order valence-electron chi connectivity index (χ2n) is 17.3. The summed E-state index contributed by atoms with van der Waals surface area (Å²) in [5.74, 6) is -2.32. The SMILES string of the molecule is CN(CCCCCCCNc1cccc2c1C(=O)N(C1CCC(=O)NC1=O)C2=O)CC1CCC(n2cc3cc(NC(=O)c4cccc(C(F)(F)F)n4)c(C(C)(C)O)cc3n2)CC1. The van der Waals surface area contributed by atoms with Crippen LogP contribution in [0.15, 0.2) is 54.7 Å². The van der Waals surface area contributed by atoms with Gasteiger partial charge in [-0.3, -0.25) is 38.9 Å². The average molecular weight is 859 g/mol. The third kappa shape index (κ3) is 9.99. The van der Waals surface area contributed by atoms with E-state index < -0.39 is 53.0 Å². The highest BCUT2D eigenvalue weighted by atomic mass is 19.4. The van der Waals surface area contributed by atoms with Gasteiger partial charge in [-0.15, -0.1) is 0 Å². The minimum atomic E-state index is -4.70. The minimum Gasteiger partial charge on any atom is -0.386 e. The van der Waals surface area contributed by atoms with E-state index in [2.05, 4.69) is 32.9 Å². The van der Waals surface area contributed by atoms with E-state index in [1.165, 1.54) is 6.07 Å². The molecule has 0 bridgehead atoms. The van der Waals surface area contributed by atoms with Gasteiger partial charge >= 0.3 is 6.18 Å². The van der Waals surface area contributed by atoms with E-state index in [4.69, 9.17) is 5.10 Å². The molecule has 1 aliphatic carbocycles. The molecule has 14 nitrogen and oxygen atoms in total. The number of hydrogen-bond acceptors (Lipinski definition) is 10. The molecular weight excluding hydrogens is 806 g/mol. The number of aliphatic hydroxyl groups is 1. The Hall–Kier alpha value is -5.68. The molecule has 1 saturated heterocycles. The normalized spacial score (nSPS) is 19.6. The number of rotatable bonds is 16. The van der Waals surface area contributed by atoms with E-state index in [0.717, 1.165) is 93.3 Å². The summed E-state index contributed by atoms with van der Waals surface area (Å²) >= 11 is 0. The zero-order valence-electron chi connectivity index (χ0n) is 35.2. The molecule has 1 atom stereocenters. The van der Waals surface area contributed by atoms with Crippen LogP contribution in [-0.4, -0.2) is 91.9 Å². The van der Waals surface area contributed by atoms with E-state index in [1.807, 2.05) is 10.9 Å². The monoisotopic (exact) mass is 858 g/mol. The highest BCUT2D eigenvalue weighted by molar-refractivity contribution is 6.25. The van der Waals surface area contributed by atoms with Gasteiger partial charge in [-0.25, -0.2) is 4.98 Å². The quantitative estimate of drug-likeness (QED) is 0.0674. The van der Waals surface area contributed by atoms with Crippen LogP contribution in [0.2, 0.25) is 0 Å². The van der Waals surface area contributed by atoms with Gasteiger partial charge in [-0.1, -0.05) is 31.4 Å². The number of aromatic nitrogens is 3. The number of amides is 5. The van der Waals surface area contributed by atoms with Crippen molar-refractivity contribution < 1.29 is 42.3 Å². The zero-order valence-corrected chi connectivity index (χ0v) is 35.2. The fourth-order valence-corrected chi connectivity index (χ4v) is 8.84. The number of benzene rings is 2. The molecule has 3 aliphatic rings. The molecule has 2 fully saturated rings. The van der Waals surface area contributed by atoms with Gasteiger partial charge in [-0.05, 0) is 115 Å². The van der Waals surface area contributed by atoms with Crippen molar-refractivity contribution in [1.82, 2.24) is 29.9 Å². The summed E-state index contributed by atoms with van der Waals surface area (Å²) in [5.41, 5.74) is -0.539. The predicted octanol–water partition coefficient (Wildman–Crippen LogP) is 7.06. The fraction of sp³-hybridized carbons (Fsp3) is 0.489. The van der Waals surface area contributed by atoms with E-state index in [0.29, 0.717) is 29.2 Å².